The molecule has 3 amide bonds. The van der Waals surface area contributed by atoms with Gasteiger partial charge >= 0.3 is 0 Å². The van der Waals surface area contributed by atoms with Gasteiger partial charge in [-0.3, -0.25) is 24.2 Å². The molecule has 138 valence electrons. The molecule has 3 rings (SSSR count). The van der Waals surface area contributed by atoms with Gasteiger partial charge in [-0.2, -0.15) is 0 Å². The number of thiazole rings is 1. The molecule has 7 nitrogen and oxygen atoms in total. The molecule has 2 heterocycles. The minimum absolute atomic E-state index is 0.174. The lowest BCUT2D eigenvalue weighted by Gasteiger charge is -2.23. The number of carbonyl (C=O) groups excluding carboxylic acids is 3. The Hall–Kier alpha value is -2.03. The number of carbonyl (C=O) groups is 3. The molecule has 0 spiro atoms. The molecule has 1 N–H and O–H groups in total. The van der Waals surface area contributed by atoms with Crippen molar-refractivity contribution in [3.8, 4) is 0 Å². The number of aromatic nitrogens is 1. The third-order valence-electron chi connectivity index (χ3n) is 4.15. The number of nitrogens with zero attached hydrogens (tertiary/aromatic N) is 3. The van der Waals surface area contributed by atoms with Gasteiger partial charge in [0.05, 0.1) is 37.4 Å². The third-order valence-corrected chi connectivity index (χ3v) is 5.43. The first kappa shape index (κ1) is 18.8. The summed E-state index contributed by atoms with van der Waals surface area (Å²) in [5, 5.41) is 1.16. The second kappa shape index (κ2) is 7.69. The Balaban J connectivity index is 1.86. The van der Waals surface area contributed by atoms with E-state index in [9.17, 15) is 14.4 Å². The average Bonchev–Trinajstić information content (AvgIpc) is 3.12. The maximum Gasteiger partial charge on any atom is 0.249 e. The quantitative estimate of drug-likeness (QED) is 0.726. The van der Waals surface area contributed by atoms with Crippen LogP contribution in [0.2, 0.25) is 5.02 Å². The lowest BCUT2D eigenvalue weighted by atomic mass is 10.3. The topological polar surface area (TPSA) is 75.0 Å². The number of fused-ring (bicyclic) bond motifs is 1. The highest BCUT2D eigenvalue weighted by atomic mass is 35.5. The lowest BCUT2D eigenvalue weighted by molar-refractivity contribution is -0.856. The first-order chi connectivity index (χ1) is 12.3. The van der Waals surface area contributed by atoms with Crippen molar-refractivity contribution in [2.24, 2.45) is 0 Å². The van der Waals surface area contributed by atoms with Gasteiger partial charge in [-0.1, -0.05) is 22.9 Å². The molecule has 26 heavy (non-hydrogen) atoms. The van der Waals surface area contributed by atoms with Crippen LogP contribution in [0.5, 0.6) is 0 Å². The van der Waals surface area contributed by atoms with E-state index in [1.54, 1.807) is 11.0 Å². The standard InChI is InChI=1S/C17H19ClN4O3S/c1-20(2)7-8-21(16(25)10-22-14(23)5-6-15(22)24)17-19-12-4-3-11(18)9-13(12)26-17/h3-4,9H,5-8,10H2,1-2H3/p+1. The molecule has 0 atom stereocenters. The smallest absolute Gasteiger partial charge is 0.249 e. The number of likely N-dealkylation sites (tertiary alicyclic amines) is 1. The van der Waals surface area contributed by atoms with Crippen LogP contribution in [-0.2, 0) is 14.4 Å². The van der Waals surface area contributed by atoms with Crippen molar-refractivity contribution in [3.05, 3.63) is 23.2 Å². The number of halogens is 1. The van der Waals surface area contributed by atoms with E-state index >= 15 is 0 Å². The van der Waals surface area contributed by atoms with Crippen molar-refractivity contribution in [2.75, 3.05) is 38.6 Å². The van der Waals surface area contributed by atoms with Crippen LogP contribution in [0.4, 0.5) is 5.13 Å². The van der Waals surface area contributed by atoms with Crippen LogP contribution >= 0.6 is 22.9 Å². The predicted molar refractivity (Wildman–Crippen MR) is 101 cm³/mol. The Labute approximate surface area is 160 Å². The van der Waals surface area contributed by atoms with Crippen LogP contribution < -0.4 is 9.80 Å². The monoisotopic (exact) mass is 395 g/mol. The van der Waals surface area contributed by atoms with E-state index in [2.05, 4.69) is 4.98 Å². The number of imide groups is 1. The normalized spacial score (nSPS) is 14.7. The summed E-state index contributed by atoms with van der Waals surface area (Å²) >= 11 is 7.40. The van der Waals surface area contributed by atoms with Crippen LogP contribution in [0.1, 0.15) is 12.8 Å². The van der Waals surface area contributed by atoms with Crippen LogP contribution in [-0.4, -0.2) is 61.3 Å². The molecule has 1 fully saturated rings. The van der Waals surface area contributed by atoms with Crippen molar-refractivity contribution in [3.63, 3.8) is 0 Å². The van der Waals surface area contributed by atoms with Gasteiger partial charge in [0, 0.05) is 17.9 Å². The molecule has 1 aromatic heterocycles. The number of rotatable bonds is 6. The molecular formula is C17H20ClN4O3S+. The highest BCUT2D eigenvalue weighted by Gasteiger charge is 2.32. The van der Waals surface area contributed by atoms with E-state index in [1.807, 2.05) is 26.2 Å². The van der Waals surface area contributed by atoms with Gasteiger partial charge in [-0.25, -0.2) is 4.98 Å². The molecule has 0 unspecified atom stereocenters. The van der Waals surface area contributed by atoms with Gasteiger partial charge in [-0.15, -0.1) is 0 Å². The highest BCUT2D eigenvalue weighted by molar-refractivity contribution is 7.22. The molecule has 0 aliphatic carbocycles. The van der Waals surface area contributed by atoms with Gasteiger partial charge in [0.15, 0.2) is 5.13 Å². The zero-order chi connectivity index (χ0) is 18.8. The van der Waals surface area contributed by atoms with Crippen LogP contribution in [0.15, 0.2) is 18.2 Å². The van der Waals surface area contributed by atoms with Crippen LogP contribution in [0, 0.1) is 0 Å². The summed E-state index contributed by atoms with van der Waals surface area (Å²) in [5.74, 6) is -0.893. The Morgan fingerprint density at radius 2 is 2.00 bits per heavy atom. The van der Waals surface area contributed by atoms with Gasteiger partial charge in [0.1, 0.15) is 6.54 Å². The van der Waals surface area contributed by atoms with Crippen molar-refractivity contribution < 1.29 is 19.3 Å². The minimum Gasteiger partial charge on any atom is -0.338 e. The summed E-state index contributed by atoms with van der Waals surface area (Å²) < 4.78 is 0.885. The van der Waals surface area contributed by atoms with Gasteiger partial charge in [0.2, 0.25) is 17.7 Å². The molecule has 0 bridgehead atoms. The summed E-state index contributed by atoms with van der Waals surface area (Å²) in [6.45, 7) is 0.923. The first-order valence-electron chi connectivity index (χ1n) is 8.34. The number of anilines is 1. The van der Waals surface area contributed by atoms with Gasteiger partial charge < -0.3 is 4.90 Å². The van der Waals surface area contributed by atoms with E-state index in [0.717, 1.165) is 15.1 Å². The third kappa shape index (κ3) is 4.03. The van der Waals surface area contributed by atoms with Crippen molar-refractivity contribution in [1.82, 2.24) is 9.88 Å². The fourth-order valence-corrected chi connectivity index (χ4v) is 3.97. The van der Waals surface area contributed by atoms with E-state index in [4.69, 9.17) is 11.6 Å². The first-order valence-corrected chi connectivity index (χ1v) is 9.53. The highest BCUT2D eigenvalue weighted by Crippen LogP contribution is 2.31. The fraction of sp³-hybridized carbons (Fsp3) is 0.412. The maximum atomic E-state index is 12.9. The van der Waals surface area contributed by atoms with Crippen molar-refractivity contribution >= 4 is 56.0 Å². The average molecular weight is 396 g/mol. The largest absolute Gasteiger partial charge is 0.338 e. The van der Waals surface area contributed by atoms with E-state index in [-0.39, 0.29) is 37.1 Å². The zero-order valence-electron chi connectivity index (χ0n) is 14.6. The summed E-state index contributed by atoms with van der Waals surface area (Å²) in [4.78, 5) is 44.8. The van der Waals surface area contributed by atoms with Crippen LogP contribution in [0.3, 0.4) is 0 Å². The summed E-state index contributed by atoms with van der Waals surface area (Å²) in [7, 11) is 3.99. The Morgan fingerprint density at radius 1 is 1.31 bits per heavy atom. The molecule has 9 heteroatoms. The Kier molecular flexibility index (Phi) is 5.55. The van der Waals surface area contributed by atoms with Gasteiger partial charge in [-0.05, 0) is 18.2 Å². The lowest BCUT2D eigenvalue weighted by Crippen LogP contribution is -3.06. The van der Waals surface area contributed by atoms with E-state index in [0.29, 0.717) is 23.2 Å². The number of likely N-dealkylation sites (N-methyl/N-ethyl adjacent to an activating group) is 1. The molecule has 0 saturated carbocycles. The SMILES string of the molecule is C[NH+](C)CCN(C(=O)CN1C(=O)CCC1=O)c1nc2ccc(Cl)cc2s1. The zero-order valence-corrected chi connectivity index (χ0v) is 16.2. The Morgan fingerprint density at radius 3 is 2.65 bits per heavy atom. The number of hydrogen-bond acceptors (Lipinski definition) is 5. The molecule has 0 radical (unpaired) electrons. The molecule has 1 aromatic carbocycles. The summed E-state index contributed by atoms with van der Waals surface area (Å²) in [6.07, 6.45) is 0.348. The second-order valence-corrected chi connectivity index (χ2v) is 7.93. The van der Waals surface area contributed by atoms with Crippen LogP contribution in [0.25, 0.3) is 10.2 Å². The molecule has 1 saturated heterocycles. The minimum atomic E-state index is -0.306. The van der Waals surface area contributed by atoms with E-state index < -0.39 is 0 Å². The number of benzene rings is 1. The number of nitrogens with one attached hydrogen (secondary N) is 1. The summed E-state index contributed by atoms with van der Waals surface area (Å²) in [5.41, 5.74) is 0.762. The molecular weight excluding hydrogens is 376 g/mol. The Bertz CT molecular complexity index is 851. The maximum absolute atomic E-state index is 12.9. The fourth-order valence-electron chi connectivity index (χ4n) is 2.68. The molecule has 2 aromatic rings. The van der Waals surface area contributed by atoms with Crippen molar-refractivity contribution in [1.29, 1.82) is 0 Å². The predicted octanol–water partition coefficient (Wildman–Crippen LogP) is 0.576. The molecule has 1 aliphatic rings. The number of amides is 3. The van der Waals surface area contributed by atoms with E-state index in [1.165, 1.54) is 16.2 Å². The number of quaternary nitrogens is 1. The van der Waals surface area contributed by atoms with Crippen molar-refractivity contribution in [2.45, 2.75) is 12.8 Å². The number of hydrogen-bond donors (Lipinski definition) is 1. The van der Waals surface area contributed by atoms with Gasteiger partial charge in [0.25, 0.3) is 0 Å². The second-order valence-electron chi connectivity index (χ2n) is 6.48. The molecule has 1 aliphatic heterocycles. The summed E-state index contributed by atoms with van der Waals surface area (Å²) in [6, 6.07) is 5.38.